The first-order valence-corrected chi connectivity index (χ1v) is 12.3. The normalized spacial score (nSPS) is 14.3. The summed E-state index contributed by atoms with van der Waals surface area (Å²) in [5.74, 6) is -2.82. The molecule has 1 aliphatic heterocycles. The van der Waals surface area contributed by atoms with Gasteiger partial charge in [0.2, 0.25) is 5.95 Å². The Morgan fingerprint density at radius 2 is 1.85 bits per heavy atom. The van der Waals surface area contributed by atoms with Crippen LogP contribution in [0, 0.1) is 28.9 Å². The second-order valence-electron chi connectivity index (χ2n) is 9.00. The number of nitriles is 1. The summed E-state index contributed by atoms with van der Waals surface area (Å²) in [5.41, 5.74) is 8.55. The fourth-order valence-electron chi connectivity index (χ4n) is 4.16. The molecule has 0 fully saturated rings. The molecule has 2 aromatic carbocycles. The maximum absolute atomic E-state index is 13.8. The Balaban J connectivity index is 1.58. The molecule has 3 heterocycles. The molecule has 13 heteroatoms. The van der Waals surface area contributed by atoms with Crippen molar-refractivity contribution in [2.24, 2.45) is 0 Å². The summed E-state index contributed by atoms with van der Waals surface area (Å²) >= 11 is 6.59. The van der Waals surface area contributed by atoms with Crippen LogP contribution >= 0.6 is 11.6 Å². The average molecular weight is 569 g/mol. The van der Waals surface area contributed by atoms with Crippen LogP contribution in [-0.2, 0) is 0 Å². The van der Waals surface area contributed by atoms with Crippen molar-refractivity contribution in [2.45, 2.75) is 19.0 Å². The molecule has 0 radical (unpaired) electrons. The van der Waals surface area contributed by atoms with Crippen LogP contribution in [0.2, 0.25) is 5.02 Å². The van der Waals surface area contributed by atoms with Crippen LogP contribution in [0.25, 0.3) is 10.9 Å². The predicted octanol–water partition coefficient (Wildman–Crippen LogP) is 5.99. The van der Waals surface area contributed by atoms with Crippen LogP contribution in [0.1, 0.15) is 24.1 Å². The molecule has 1 unspecified atom stereocenters. The molecule has 0 aliphatic carbocycles. The first kappa shape index (κ1) is 27.0. The summed E-state index contributed by atoms with van der Waals surface area (Å²) in [6.45, 7) is 1.11. The van der Waals surface area contributed by atoms with Gasteiger partial charge >= 0.3 is 0 Å². The highest BCUT2D eigenvalue weighted by molar-refractivity contribution is 6.36. The van der Waals surface area contributed by atoms with Gasteiger partial charge in [-0.3, -0.25) is 9.99 Å². The number of pyridine rings is 2. The molecular weight excluding hydrogens is 548 g/mol. The van der Waals surface area contributed by atoms with E-state index in [9.17, 15) is 22.8 Å². The SMILES string of the molecule is C[C@@H](CF)N1C=C(C(Nc2cc(Cl)c3ncc(C#N)c(Nc4cnc(F)c(F)c4)c3c2)c2ccc(F)cc2)NN1. The Hall–Kier alpha value is -4.60. The Bertz CT molecular complexity index is 1640. The van der Waals surface area contributed by atoms with Crippen LogP contribution in [0.15, 0.2) is 66.8 Å². The van der Waals surface area contributed by atoms with Crippen LogP contribution in [0.4, 0.5) is 34.6 Å². The highest BCUT2D eigenvalue weighted by Crippen LogP contribution is 2.37. The fourth-order valence-corrected chi connectivity index (χ4v) is 4.43. The van der Waals surface area contributed by atoms with E-state index < -0.39 is 36.3 Å². The summed E-state index contributed by atoms with van der Waals surface area (Å²) in [5, 5.41) is 18.2. The molecule has 4 aromatic rings. The minimum absolute atomic E-state index is 0.107. The third kappa shape index (κ3) is 5.42. The van der Waals surface area contributed by atoms with Crippen molar-refractivity contribution >= 4 is 39.6 Å². The van der Waals surface area contributed by atoms with E-state index >= 15 is 0 Å². The first-order chi connectivity index (χ1) is 19.3. The van der Waals surface area contributed by atoms with Gasteiger partial charge in [-0.2, -0.15) is 9.65 Å². The number of halogens is 5. The smallest absolute Gasteiger partial charge is 0.249 e. The molecule has 8 nitrogen and oxygen atoms in total. The lowest BCUT2D eigenvalue weighted by Crippen LogP contribution is -2.43. The highest BCUT2D eigenvalue weighted by Gasteiger charge is 2.25. The van der Waals surface area contributed by atoms with Crippen molar-refractivity contribution in [1.29, 1.82) is 5.26 Å². The zero-order chi connectivity index (χ0) is 28.4. The minimum Gasteiger partial charge on any atom is -0.373 e. The number of rotatable bonds is 8. The van der Waals surface area contributed by atoms with Crippen LogP contribution in [-0.4, -0.2) is 27.7 Å². The topological polar surface area (TPSA) is 101 Å². The van der Waals surface area contributed by atoms with Crippen molar-refractivity contribution in [3.8, 4) is 6.07 Å². The van der Waals surface area contributed by atoms with E-state index in [4.69, 9.17) is 11.6 Å². The lowest BCUT2D eigenvalue weighted by molar-refractivity contribution is 0.178. The molecule has 204 valence electrons. The van der Waals surface area contributed by atoms with Crippen molar-refractivity contribution in [1.82, 2.24) is 25.9 Å². The van der Waals surface area contributed by atoms with Gasteiger partial charge in [0.15, 0.2) is 5.82 Å². The number of nitrogens with zero attached hydrogens (tertiary/aromatic N) is 4. The predicted molar refractivity (Wildman–Crippen MR) is 143 cm³/mol. The average Bonchev–Trinajstić information content (AvgIpc) is 3.44. The maximum Gasteiger partial charge on any atom is 0.249 e. The molecule has 2 atom stereocenters. The number of nitrogens with one attached hydrogen (secondary N) is 4. The van der Waals surface area contributed by atoms with Gasteiger partial charge in [-0.15, -0.1) is 5.53 Å². The Morgan fingerprint density at radius 3 is 2.55 bits per heavy atom. The van der Waals surface area contributed by atoms with Gasteiger partial charge in [-0.25, -0.2) is 18.2 Å². The van der Waals surface area contributed by atoms with Gasteiger partial charge < -0.3 is 16.1 Å². The van der Waals surface area contributed by atoms with E-state index in [2.05, 4.69) is 31.6 Å². The molecule has 0 saturated heterocycles. The van der Waals surface area contributed by atoms with E-state index in [0.29, 0.717) is 27.9 Å². The van der Waals surface area contributed by atoms with Crippen molar-refractivity contribution in [3.63, 3.8) is 0 Å². The lowest BCUT2D eigenvalue weighted by Gasteiger charge is -2.22. The summed E-state index contributed by atoms with van der Waals surface area (Å²) in [4.78, 5) is 7.68. The third-order valence-corrected chi connectivity index (χ3v) is 6.53. The first-order valence-electron chi connectivity index (χ1n) is 12.0. The minimum atomic E-state index is -1.25. The molecule has 1 aliphatic rings. The van der Waals surface area contributed by atoms with Gasteiger partial charge in [0.05, 0.1) is 51.5 Å². The van der Waals surface area contributed by atoms with Crippen LogP contribution in [0.3, 0.4) is 0 Å². The van der Waals surface area contributed by atoms with Crippen molar-refractivity contribution in [2.75, 3.05) is 17.3 Å². The number of anilines is 3. The van der Waals surface area contributed by atoms with E-state index in [1.807, 2.05) is 6.07 Å². The van der Waals surface area contributed by atoms with Crippen LogP contribution < -0.4 is 21.6 Å². The van der Waals surface area contributed by atoms with E-state index in [1.165, 1.54) is 18.3 Å². The summed E-state index contributed by atoms with van der Waals surface area (Å²) in [7, 11) is 0. The van der Waals surface area contributed by atoms with Gasteiger partial charge in [-0.1, -0.05) is 23.7 Å². The molecule has 0 spiro atoms. The van der Waals surface area contributed by atoms with E-state index in [0.717, 1.165) is 12.3 Å². The molecule has 5 rings (SSSR count). The van der Waals surface area contributed by atoms with E-state index in [1.54, 1.807) is 42.4 Å². The number of benzene rings is 2. The molecule has 0 bridgehead atoms. The standard InChI is InChI=1S/C27H21ClF4N8/c1-14(9-29)40-13-23(38-39-40)25(15-2-4-17(30)5-3-15)36-18-6-20-24(37-19-8-22(31)27(32)35-12-19)16(10-33)11-34-26(20)21(28)7-18/h2-8,11-14,25,36,38-39H,9H2,1H3,(H,34,37)/t14-,25?/m0/s1. The lowest BCUT2D eigenvalue weighted by atomic mass is 10.0. The Labute approximate surface area is 231 Å². The number of fused-ring (bicyclic) bond motifs is 1. The van der Waals surface area contributed by atoms with Crippen molar-refractivity contribution < 1.29 is 17.6 Å². The number of aromatic nitrogens is 2. The molecule has 4 N–H and O–H groups in total. The summed E-state index contributed by atoms with van der Waals surface area (Å²) in [6, 6.07) is 11.1. The van der Waals surface area contributed by atoms with Gasteiger partial charge in [0.1, 0.15) is 18.6 Å². The fraction of sp³-hybridized carbons (Fsp3) is 0.148. The summed E-state index contributed by atoms with van der Waals surface area (Å²) in [6.07, 6.45) is 4.11. The molecule has 0 amide bonds. The monoisotopic (exact) mass is 568 g/mol. The number of hydrazine groups is 2. The second-order valence-corrected chi connectivity index (χ2v) is 9.40. The molecule has 40 heavy (non-hydrogen) atoms. The second kappa shape index (κ2) is 11.3. The largest absolute Gasteiger partial charge is 0.373 e. The number of hydrogen-bond donors (Lipinski definition) is 4. The quantitative estimate of drug-likeness (QED) is 0.152. The van der Waals surface area contributed by atoms with Crippen molar-refractivity contribution in [3.05, 3.63) is 100 Å². The number of alkyl halides is 1. The zero-order valence-electron chi connectivity index (χ0n) is 20.8. The number of hydrogen-bond acceptors (Lipinski definition) is 8. The van der Waals surface area contributed by atoms with Gasteiger partial charge in [0, 0.05) is 29.5 Å². The van der Waals surface area contributed by atoms with Gasteiger partial charge in [-0.05, 0) is 36.8 Å². The Morgan fingerprint density at radius 1 is 1.07 bits per heavy atom. The van der Waals surface area contributed by atoms with Crippen LogP contribution in [0.5, 0.6) is 0 Å². The Kier molecular flexibility index (Phi) is 7.59. The van der Waals surface area contributed by atoms with Gasteiger partial charge in [0.25, 0.3) is 0 Å². The zero-order valence-corrected chi connectivity index (χ0v) is 21.6. The molecule has 0 saturated carbocycles. The maximum atomic E-state index is 13.8. The summed E-state index contributed by atoms with van der Waals surface area (Å²) < 4.78 is 54.2. The molecule has 2 aromatic heterocycles. The third-order valence-electron chi connectivity index (χ3n) is 6.24. The molecular formula is C27H21ClF4N8. The van der Waals surface area contributed by atoms with E-state index in [-0.39, 0.29) is 22.0 Å². The highest BCUT2D eigenvalue weighted by atomic mass is 35.5.